The lowest BCUT2D eigenvalue weighted by Gasteiger charge is -2.21. The highest BCUT2D eigenvalue weighted by Gasteiger charge is 2.14. The predicted octanol–water partition coefficient (Wildman–Crippen LogP) is 1.64. The topological polar surface area (TPSA) is 86.7 Å². The fourth-order valence-electron chi connectivity index (χ4n) is 1.90. The van der Waals surface area contributed by atoms with Crippen LogP contribution in [0.4, 0.5) is 0 Å². The third kappa shape index (κ3) is 9.05. The van der Waals surface area contributed by atoms with Gasteiger partial charge in [0.25, 0.3) is 0 Å². The number of amides is 2. The van der Waals surface area contributed by atoms with Gasteiger partial charge in [-0.25, -0.2) is 0 Å². The minimum atomic E-state index is -0.930. The van der Waals surface area contributed by atoms with Crippen LogP contribution >= 0.6 is 0 Å². The molecule has 2 amide bonds. The van der Waals surface area contributed by atoms with Crippen LogP contribution in [-0.2, 0) is 14.4 Å². The molecule has 0 heterocycles. The number of aliphatic carboxylic acids is 1. The van der Waals surface area contributed by atoms with Gasteiger partial charge in [0, 0.05) is 32.5 Å². The van der Waals surface area contributed by atoms with E-state index in [2.05, 4.69) is 5.32 Å². The first kappa shape index (κ1) is 19.4. The van der Waals surface area contributed by atoms with Gasteiger partial charge in [0.15, 0.2) is 0 Å². The molecule has 21 heavy (non-hydrogen) atoms. The first-order valence-electron chi connectivity index (χ1n) is 7.69. The van der Waals surface area contributed by atoms with Crippen molar-refractivity contribution in [3.05, 3.63) is 0 Å². The van der Waals surface area contributed by atoms with Gasteiger partial charge in [0.2, 0.25) is 11.8 Å². The van der Waals surface area contributed by atoms with Crippen LogP contribution in [0.25, 0.3) is 0 Å². The molecule has 6 heteroatoms. The summed E-state index contributed by atoms with van der Waals surface area (Å²) < 4.78 is 0. The number of nitrogens with zero attached hydrogens (tertiary/aromatic N) is 1. The highest BCUT2D eigenvalue weighted by molar-refractivity contribution is 5.79. The summed E-state index contributed by atoms with van der Waals surface area (Å²) in [5, 5.41) is 11.3. The quantitative estimate of drug-likeness (QED) is 0.607. The van der Waals surface area contributed by atoms with Crippen molar-refractivity contribution < 1.29 is 19.5 Å². The normalized spacial score (nSPS) is 11.8. The molecule has 0 aromatic rings. The van der Waals surface area contributed by atoms with Crippen LogP contribution in [-0.4, -0.2) is 47.4 Å². The Balaban J connectivity index is 3.93. The molecule has 0 aromatic heterocycles. The van der Waals surface area contributed by atoms with Gasteiger partial charge in [-0.05, 0) is 19.3 Å². The van der Waals surface area contributed by atoms with Crippen molar-refractivity contribution in [3.8, 4) is 0 Å². The van der Waals surface area contributed by atoms with E-state index in [9.17, 15) is 14.4 Å². The Bertz CT molecular complexity index is 339. The maximum Gasteiger partial charge on any atom is 0.308 e. The van der Waals surface area contributed by atoms with Crippen LogP contribution in [0.15, 0.2) is 0 Å². The molecule has 2 N–H and O–H groups in total. The Hall–Kier alpha value is -1.59. The Labute approximate surface area is 126 Å². The molecule has 0 rings (SSSR count). The van der Waals surface area contributed by atoms with Crippen molar-refractivity contribution in [2.24, 2.45) is 5.92 Å². The van der Waals surface area contributed by atoms with Crippen molar-refractivity contribution in [3.63, 3.8) is 0 Å². The summed E-state index contributed by atoms with van der Waals surface area (Å²) in [7, 11) is 0. The molecule has 0 aliphatic rings. The van der Waals surface area contributed by atoms with Gasteiger partial charge in [-0.1, -0.05) is 20.8 Å². The van der Waals surface area contributed by atoms with Gasteiger partial charge in [0.05, 0.1) is 5.92 Å². The Kier molecular flexibility index (Phi) is 10.3. The molecule has 0 bridgehead atoms. The highest BCUT2D eigenvalue weighted by Crippen LogP contribution is 2.04. The molecule has 0 aromatic carbocycles. The van der Waals surface area contributed by atoms with Crippen LogP contribution in [0.1, 0.15) is 52.9 Å². The first-order valence-corrected chi connectivity index (χ1v) is 7.69. The molecular formula is C15H28N2O4. The number of rotatable bonds is 11. The molecule has 0 fully saturated rings. The van der Waals surface area contributed by atoms with Crippen LogP contribution < -0.4 is 5.32 Å². The third-order valence-corrected chi connectivity index (χ3v) is 3.16. The number of hydrogen-bond donors (Lipinski definition) is 2. The number of carboxylic acids is 1. The summed E-state index contributed by atoms with van der Waals surface area (Å²) in [6.07, 6.45) is 2.97. The minimum absolute atomic E-state index is 0.0883. The average molecular weight is 300 g/mol. The van der Waals surface area contributed by atoms with E-state index >= 15 is 0 Å². The molecule has 1 atom stereocenters. The lowest BCUT2D eigenvalue weighted by molar-refractivity contribution is -0.141. The van der Waals surface area contributed by atoms with Gasteiger partial charge in [-0.2, -0.15) is 0 Å². The molecule has 0 saturated carbocycles. The molecule has 6 nitrogen and oxygen atoms in total. The molecule has 0 radical (unpaired) electrons. The number of carbonyl (C=O) groups excluding carboxylic acids is 2. The van der Waals surface area contributed by atoms with Crippen LogP contribution in [0.3, 0.4) is 0 Å². The smallest absolute Gasteiger partial charge is 0.308 e. The Morgan fingerprint density at radius 3 is 2.14 bits per heavy atom. The molecule has 122 valence electrons. The summed E-state index contributed by atoms with van der Waals surface area (Å²) in [5.74, 6) is -1.64. The average Bonchev–Trinajstić information content (AvgIpc) is 2.44. The summed E-state index contributed by atoms with van der Waals surface area (Å²) in [5.41, 5.74) is 0. The van der Waals surface area contributed by atoms with Crippen molar-refractivity contribution >= 4 is 17.8 Å². The maximum atomic E-state index is 12.0. The van der Waals surface area contributed by atoms with E-state index < -0.39 is 11.9 Å². The lowest BCUT2D eigenvalue weighted by Crippen LogP contribution is -2.33. The zero-order chi connectivity index (χ0) is 16.3. The van der Waals surface area contributed by atoms with E-state index in [0.29, 0.717) is 12.8 Å². The van der Waals surface area contributed by atoms with E-state index in [1.165, 1.54) is 0 Å². The summed E-state index contributed by atoms with van der Waals surface area (Å²) in [6, 6.07) is 0. The second kappa shape index (κ2) is 11.1. The van der Waals surface area contributed by atoms with Crippen LogP contribution in [0.2, 0.25) is 0 Å². The van der Waals surface area contributed by atoms with Crippen LogP contribution in [0, 0.1) is 5.92 Å². The van der Waals surface area contributed by atoms with E-state index in [4.69, 9.17) is 5.11 Å². The Morgan fingerprint density at radius 1 is 1.10 bits per heavy atom. The molecule has 0 saturated heterocycles. The van der Waals surface area contributed by atoms with Crippen molar-refractivity contribution in [1.29, 1.82) is 0 Å². The fraction of sp³-hybridized carbons (Fsp3) is 0.800. The van der Waals surface area contributed by atoms with Gasteiger partial charge >= 0.3 is 5.97 Å². The number of carboxylic acid groups (broad SMARTS) is 1. The molecule has 0 spiro atoms. The number of hydrogen-bond acceptors (Lipinski definition) is 3. The fourth-order valence-corrected chi connectivity index (χ4v) is 1.90. The van der Waals surface area contributed by atoms with Gasteiger partial charge in [-0.3, -0.25) is 14.4 Å². The van der Waals surface area contributed by atoms with Gasteiger partial charge in [-0.15, -0.1) is 0 Å². The molecule has 0 aliphatic heterocycles. The van der Waals surface area contributed by atoms with E-state index in [0.717, 1.165) is 25.9 Å². The maximum absolute atomic E-state index is 12.0. The van der Waals surface area contributed by atoms with Gasteiger partial charge < -0.3 is 15.3 Å². The summed E-state index contributed by atoms with van der Waals surface area (Å²) in [4.78, 5) is 36.0. The minimum Gasteiger partial charge on any atom is -0.481 e. The lowest BCUT2D eigenvalue weighted by atomic mass is 10.1. The standard InChI is InChI=1S/C15H28N2O4/c1-4-9-17(10-5-2)14(19)8-6-7-13(18)16-11-12(3)15(20)21/h12H,4-11H2,1-3H3,(H,16,18)(H,20,21). The number of carbonyl (C=O) groups is 3. The SMILES string of the molecule is CCCN(CCC)C(=O)CCCC(=O)NCC(C)C(=O)O. The third-order valence-electron chi connectivity index (χ3n) is 3.16. The summed E-state index contributed by atoms with van der Waals surface area (Å²) in [6.45, 7) is 7.25. The second-order valence-corrected chi connectivity index (χ2v) is 5.28. The van der Waals surface area contributed by atoms with Gasteiger partial charge in [0.1, 0.15) is 0 Å². The van der Waals surface area contributed by atoms with E-state index in [1.54, 1.807) is 6.92 Å². The monoisotopic (exact) mass is 300 g/mol. The zero-order valence-electron chi connectivity index (χ0n) is 13.4. The van der Waals surface area contributed by atoms with Crippen molar-refractivity contribution in [1.82, 2.24) is 10.2 Å². The first-order chi connectivity index (χ1) is 9.92. The van der Waals surface area contributed by atoms with E-state index in [-0.39, 0.29) is 24.8 Å². The number of nitrogens with one attached hydrogen (secondary N) is 1. The van der Waals surface area contributed by atoms with Crippen molar-refractivity contribution in [2.75, 3.05) is 19.6 Å². The predicted molar refractivity (Wildman–Crippen MR) is 80.8 cm³/mol. The van der Waals surface area contributed by atoms with Crippen LogP contribution in [0.5, 0.6) is 0 Å². The Morgan fingerprint density at radius 2 is 1.67 bits per heavy atom. The highest BCUT2D eigenvalue weighted by atomic mass is 16.4. The zero-order valence-corrected chi connectivity index (χ0v) is 13.4. The van der Waals surface area contributed by atoms with E-state index in [1.807, 2.05) is 18.7 Å². The molecular weight excluding hydrogens is 272 g/mol. The second-order valence-electron chi connectivity index (χ2n) is 5.28. The summed E-state index contributed by atoms with van der Waals surface area (Å²) >= 11 is 0. The van der Waals surface area contributed by atoms with Crippen molar-refractivity contribution in [2.45, 2.75) is 52.9 Å². The molecule has 1 unspecified atom stereocenters. The largest absolute Gasteiger partial charge is 0.481 e. The molecule has 0 aliphatic carbocycles.